The first kappa shape index (κ1) is 21.1. The third-order valence-corrected chi connectivity index (χ3v) is 5.28. The molecule has 6 heteroatoms. The van der Waals surface area contributed by atoms with Crippen molar-refractivity contribution in [2.24, 2.45) is 0 Å². The molecular formula is C25H28N2O4. The van der Waals surface area contributed by atoms with Crippen molar-refractivity contribution in [3.63, 3.8) is 0 Å². The van der Waals surface area contributed by atoms with Crippen LogP contribution in [-0.4, -0.2) is 39.8 Å². The van der Waals surface area contributed by atoms with Crippen LogP contribution in [0.5, 0.6) is 0 Å². The fourth-order valence-corrected chi connectivity index (χ4v) is 4.00. The molecule has 3 unspecified atom stereocenters. The van der Waals surface area contributed by atoms with E-state index < -0.39 is 17.7 Å². The fourth-order valence-electron chi connectivity index (χ4n) is 4.00. The van der Waals surface area contributed by atoms with Crippen molar-refractivity contribution in [1.29, 1.82) is 0 Å². The van der Waals surface area contributed by atoms with Gasteiger partial charge >= 0.3 is 12.1 Å². The Hall–Kier alpha value is -3.12. The maximum atomic E-state index is 13.2. The van der Waals surface area contributed by atoms with Crippen LogP contribution in [0.2, 0.25) is 0 Å². The number of para-hydroxylation sites is 1. The zero-order valence-corrected chi connectivity index (χ0v) is 18.4. The summed E-state index contributed by atoms with van der Waals surface area (Å²) in [5.74, 6) is -0.274. The van der Waals surface area contributed by atoms with E-state index >= 15 is 0 Å². The summed E-state index contributed by atoms with van der Waals surface area (Å²) in [7, 11) is 0. The standard InChI is InChI=1S/C25H28N2O4/c1-5-30-23(28)22-21(26(22)16-17-11-7-6-8-12-17)20-15-18-13-9-10-14-19(18)27(20)24(29)31-25(2,3)4/h6-15,21-22H,5,16H2,1-4H3. The first-order valence-corrected chi connectivity index (χ1v) is 10.6. The summed E-state index contributed by atoms with van der Waals surface area (Å²) >= 11 is 0. The van der Waals surface area contributed by atoms with Crippen LogP contribution in [0.15, 0.2) is 60.7 Å². The Bertz CT molecular complexity index is 1100. The van der Waals surface area contributed by atoms with Gasteiger partial charge in [-0.3, -0.25) is 9.69 Å². The molecule has 0 radical (unpaired) electrons. The SMILES string of the molecule is CCOC(=O)C1C(c2cc3ccccc3n2C(=O)OC(C)(C)C)N1Cc1ccccc1. The van der Waals surface area contributed by atoms with Crippen LogP contribution in [0, 0.1) is 0 Å². The lowest BCUT2D eigenvalue weighted by Crippen LogP contribution is -2.28. The molecule has 1 saturated heterocycles. The summed E-state index contributed by atoms with van der Waals surface area (Å²) in [4.78, 5) is 27.9. The van der Waals surface area contributed by atoms with Gasteiger partial charge in [0.05, 0.1) is 18.2 Å². The zero-order valence-electron chi connectivity index (χ0n) is 18.4. The number of carbonyl (C=O) groups is 2. The number of hydrogen-bond acceptors (Lipinski definition) is 5. The second-order valence-electron chi connectivity index (χ2n) is 8.74. The molecule has 0 aliphatic carbocycles. The number of esters is 1. The Morgan fingerprint density at radius 3 is 2.35 bits per heavy atom. The summed E-state index contributed by atoms with van der Waals surface area (Å²) in [5, 5.41) is 0.928. The molecule has 2 heterocycles. The molecule has 162 valence electrons. The van der Waals surface area contributed by atoms with Crippen molar-refractivity contribution < 1.29 is 19.1 Å². The van der Waals surface area contributed by atoms with Gasteiger partial charge in [0.1, 0.15) is 11.6 Å². The van der Waals surface area contributed by atoms with E-state index in [1.807, 2.05) is 81.4 Å². The molecule has 4 rings (SSSR count). The molecule has 3 atom stereocenters. The Labute approximate surface area is 182 Å². The molecule has 1 aliphatic heterocycles. The van der Waals surface area contributed by atoms with Gasteiger partial charge in [-0.1, -0.05) is 48.5 Å². The highest BCUT2D eigenvalue weighted by Gasteiger charge is 2.56. The number of rotatable bonds is 5. The zero-order chi connectivity index (χ0) is 22.2. The topological polar surface area (TPSA) is 60.5 Å². The minimum Gasteiger partial charge on any atom is -0.465 e. The summed E-state index contributed by atoms with van der Waals surface area (Å²) in [5.41, 5.74) is 1.97. The largest absolute Gasteiger partial charge is 0.465 e. The molecular weight excluding hydrogens is 392 g/mol. The van der Waals surface area contributed by atoms with Gasteiger partial charge in [-0.2, -0.15) is 0 Å². The molecule has 6 nitrogen and oxygen atoms in total. The van der Waals surface area contributed by atoms with Crippen LogP contribution in [0.1, 0.15) is 45.0 Å². The van der Waals surface area contributed by atoms with Crippen molar-refractivity contribution >= 4 is 23.0 Å². The minimum absolute atomic E-state index is 0.265. The maximum absolute atomic E-state index is 13.2. The van der Waals surface area contributed by atoms with Crippen LogP contribution in [0.4, 0.5) is 4.79 Å². The molecule has 1 aliphatic rings. The van der Waals surface area contributed by atoms with Crippen molar-refractivity contribution in [1.82, 2.24) is 9.47 Å². The van der Waals surface area contributed by atoms with Crippen molar-refractivity contribution in [3.8, 4) is 0 Å². The smallest absolute Gasteiger partial charge is 0.419 e. The lowest BCUT2D eigenvalue weighted by Gasteiger charge is -2.21. The van der Waals surface area contributed by atoms with Crippen LogP contribution >= 0.6 is 0 Å². The van der Waals surface area contributed by atoms with Crippen molar-refractivity contribution in [2.45, 2.75) is 51.9 Å². The number of carbonyl (C=O) groups excluding carboxylic acids is 2. The average Bonchev–Trinajstić information content (AvgIpc) is 3.27. The van der Waals surface area contributed by atoms with Crippen LogP contribution in [0.3, 0.4) is 0 Å². The Kier molecular flexibility index (Phi) is 5.58. The molecule has 31 heavy (non-hydrogen) atoms. The second kappa shape index (κ2) is 8.19. The molecule has 1 aromatic heterocycles. The van der Waals surface area contributed by atoms with Gasteiger partial charge in [-0.15, -0.1) is 0 Å². The fraction of sp³-hybridized carbons (Fsp3) is 0.360. The molecule has 0 bridgehead atoms. The quantitative estimate of drug-likeness (QED) is 0.433. The number of ether oxygens (including phenoxy) is 2. The van der Waals surface area contributed by atoms with Gasteiger partial charge in [-0.25, -0.2) is 9.36 Å². The normalized spacial score (nSPS) is 20.5. The van der Waals surface area contributed by atoms with E-state index in [-0.39, 0.29) is 12.0 Å². The molecule has 1 fully saturated rings. The number of benzene rings is 2. The lowest BCUT2D eigenvalue weighted by molar-refractivity contribution is -0.143. The van der Waals surface area contributed by atoms with Gasteiger partial charge in [0.2, 0.25) is 0 Å². The summed E-state index contributed by atoms with van der Waals surface area (Å²) in [6.45, 7) is 8.24. The highest BCUT2D eigenvalue weighted by Crippen LogP contribution is 2.46. The van der Waals surface area contributed by atoms with Gasteiger partial charge in [0, 0.05) is 17.6 Å². The van der Waals surface area contributed by atoms with E-state index in [4.69, 9.17) is 9.47 Å². The molecule has 0 saturated carbocycles. The van der Waals surface area contributed by atoms with E-state index in [1.165, 1.54) is 0 Å². The predicted molar refractivity (Wildman–Crippen MR) is 119 cm³/mol. The van der Waals surface area contributed by atoms with Crippen LogP contribution in [-0.2, 0) is 20.8 Å². The van der Waals surface area contributed by atoms with Gasteiger partial charge in [0.25, 0.3) is 0 Å². The third kappa shape index (κ3) is 4.35. The minimum atomic E-state index is -0.631. The Balaban J connectivity index is 1.75. The number of nitrogens with zero attached hydrogens (tertiary/aromatic N) is 2. The summed E-state index contributed by atoms with van der Waals surface area (Å²) in [6, 6.07) is 18.9. The predicted octanol–water partition coefficient (Wildman–Crippen LogP) is 4.91. The van der Waals surface area contributed by atoms with Gasteiger partial charge < -0.3 is 9.47 Å². The molecule has 0 spiro atoms. The molecule has 3 aromatic rings. The molecule has 0 amide bonds. The van der Waals surface area contributed by atoms with E-state index in [1.54, 1.807) is 11.5 Å². The third-order valence-electron chi connectivity index (χ3n) is 5.28. The Morgan fingerprint density at radius 1 is 1.00 bits per heavy atom. The van der Waals surface area contributed by atoms with E-state index in [0.29, 0.717) is 13.2 Å². The highest BCUT2D eigenvalue weighted by atomic mass is 16.6. The van der Waals surface area contributed by atoms with Gasteiger partial charge in [-0.05, 0) is 45.4 Å². The first-order chi connectivity index (χ1) is 14.8. The number of hydrogen-bond donors (Lipinski definition) is 0. The van der Waals surface area contributed by atoms with Crippen molar-refractivity contribution in [3.05, 3.63) is 71.9 Å². The number of fused-ring (bicyclic) bond motifs is 1. The highest BCUT2D eigenvalue weighted by molar-refractivity contribution is 5.92. The van der Waals surface area contributed by atoms with Crippen LogP contribution < -0.4 is 0 Å². The monoisotopic (exact) mass is 420 g/mol. The lowest BCUT2D eigenvalue weighted by atomic mass is 10.2. The van der Waals surface area contributed by atoms with Crippen molar-refractivity contribution in [2.75, 3.05) is 6.61 Å². The summed E-state index contributed by atoms with van der Waals surface area (Å²) in [6.07, 6.45) is -0.446. The molecule has 2 aromatic carbocycles. The summed E-state index contributed by atoms with van der Waals surface area (Å²) < 4.78 is 12.6. The van der Waals surface area contributed by atoms with Gasteiger partial charge in [0.15, 0.2) is 0 Å². The van der Waals surface area contributed by atoms with E-state index in [0.717, 1.165) is 22.2 Å². The average molecular weight is 421 g/mol. The number of aromatic nitrogens is 1. The first-order valence-electron chi connectivity index (χ1n) is 10.6. The maximum Gasteiger partial charge on any atom is 0.419 e. The van der Waals surface area contributed by atoms with Crippen LogP contribution in [0.25, 0.3) is 10.9 Å². The van der Waals surface area contributed by atoms with E-state index in [2.05, 4.69) is 4.90 Å². The molecule has 0 N–H and O–H groups in total. The van der Waals surface area contributed by atoms with E-state index in [9.17, 15) is 9.59 Å². The second-order valence-corrected chi connectivity index (χ2v) is 8.74. The Morgan fingerprint density at radius 2 is 1.68 bits per heavy atom.